The molecule has 0 saturated heterocycles. The Morgan fingerprint density at radius 2 is 1.89 bits per heavy atom. The Bertz CT molecular complexity index is 840. The molecule has 4 heteroatoms. The second-order valence-electron chi connectivity index (χ2n) is 9.00. The van der Waals surface area contributed by atoms with Crippen LogP contribution in [0.5, 0.6) is 0 Å². The summed E-state index contributed by atoms with van der Waals surface area (Å²) >= 11 is 3.75. The molecule has 1 amide bonds. The summed E-state index contributed by atoms with van der Waals surface area (Å²) in [5, 5.41) is 0. The maximum atomic E-state index is 13.2. The van der Waals surface area contributed by atoms with Crippen molar-refractivity contribution < 1.29 is 9.53 Å². The van der Waals surface area contributed by atoms with Crippen LogP contribution in [0.4, 0.5) is 10.5 Å². The lowest BCUT2D eigenvalue weighted by Crippen LogP contribution is -2.50. The average Bonchev–Trinajstić information content (AvgIpc) is 2.65. The predicted molar refractivity (Wildman–Crippen MR) is 119 cm³/mol. The quantitative estimate of drug-likeness (QED) is 0.506. The molecule has 2 aromatic carbocycles. The lowest BCUT2D eigenvalue weighted by molar-refractivity contribution is 0.136. The molecule has 0 bridgehead atoms. The zero-order valence-corrected chi connectivity index (χ0v) is 19.0. The predicted octanol–water partition coefficient (Wildman–Crippen LogP) is 7.08. The summed E-state index contributed by atoms with van der Waals surface area (Å²) in [6, 6.07) is 14.3. The van der Waals surface area contributed by atoms with Crippen LogP contribution in [0.1, 0.15) is 63.6 Å². The van der Waals surface area contributed by atoms with Gasteiger partial charge in [0.15, 0.2) is 0 Å². The first kappa shape index (κ1) is 20.9. The minimum absolute atomic E-state index is 0.0420. The largest absolute Gasteiger partial charge is 0.444 e. The Morgan fingerprint density at radius 1 is 1.21 bits per heavy atom. The Kier molecular flexibility index (Phi) is 6.18. The maximum absolute atomic E-state index is 13.2. The highest BCUT2D eigenvalue weighted by molar-refractivity contribution is 9.10. The third kappa shape index (κ3) is 4.43. The van der Waals surface area contributed by atoms with Crippen LogP contribution in [0, 0.1) is 5.41 Å². The molecule has 0 fully saturated rings. The van der Waals surface area contributed by atoms with Gasteiger partial charge in [0.2, 0.25) is 0 Å². The van der Waals surface area contributed by atoms with E-state index < -0.39 is 0 Å². The van der Waals surface area contributed by atoms with E-state index in [1.54, 1.807) is 0 Å². The monoisotopic (exact) mass is 443 g/mol. The zero-order chi connectivity index (χ0) is 20.5. The number of benzene rings is 2. The van der Waals surface area contributed by atoms with E-state index in [0.29, 0.717) is 5.92 Å². The van der Waals surface area contributed by atoms with Crippen LogP contribution in [0.2, 0.25) is 0 Å². The van der Waals surface area contributed by atoms with Crippen molar-refractivity contribution in [1.29, 1.82) is 0 Å². The summed E-state index contributed by atoms with van der Waals surface area (Å²) in [5.41, 5.74) is 4.43. The van der Waals surface area contributed by atoms with E-state index in [2.05, 4.69) is 62.7 Å². The number of hydrogen-bond donors (Lipinski definition) is 0. The highest BCUT2D eigenvalue weighted by Crippen LogP contribution is 2.44. The van der Waals surface area contributed by atoms with E-state index in [0.717, 1.165) is 28.6 Å². The van der Waals surface area contributed by atoms with Crippen molar-refractivity contribution in [2.75, 3.05) is 4.90 Å². The van der Waals surface area contributed by atoms with Gasteiger partial charge in [-0.05, 0) is 62.9 Å². The van der Waals surface area contributed by atoms with Gasteiger partial charge in [0.05, 0.1) is 5.69 Å². The fourth-order valence-corrected chi connectivity index (χ4v) is 4.59. The lowest BCUT2D eigenvalue weighted by atomic mass is 9.79. The van der Waals surface area contributed by atoms with E-state index >= 15 is 0 Å². The van der Waals surface area contributed by atoms with Crippen LogP contribution >= 0.6 is 15.9 Å². The van der Waals surface area contributed by atoms with Crippen LogP contribution in [0.15, 0.2) is 46.9 Å². The van der Waals surface area contributed by atoms with Crippen LogP contribution in [0.3, 0.4) is 0 Å². The van der Waals surface area contributed by atoms with Crippen LogP contribution < -0.4 is 4.90 Å². The molecule has 1 aliphatic rings. The summed E-state index contributed by atoms with van der Waals surface area (Å²) in [6.07, 6.45) is 1.63. The Labute approximate surface area is 177 Å². The van der Waals surface area contributed by atoms with Gasteiger partial charge in [-0.15, -0.1) is 0 Å². The molecular formula is C24H30BrNO2. The molecule has 1 unspecified atom stereocenters. The molecule has 1 aliphatic heterocycles. The summed E-state index contributed by atoms with van der Waals surface area (Å²) in [6.45, 7) is 11.2. The first-order valence-corrected chi connectivity index (χ1v) is 10.8. The smallest absolute Gasteiger partial charge is 0.414 e. The number of fused-ring (bicyclic) bond motifs is 1. The number of nitrogens with zero attached hydrogens (tertiary/aromatic N) is 1. The highest BCUT2D eigenvalue weighted by atomic mass is 79.9. The number of amides is 1. The van der Waals surface area contributed by atoms with Crippen molar-refractivity contribution in [3.63, 3.8) is 0 Å². The molecule has 0 saturated carbocycles. The molecule has 3 rings (SSSR count). The van der Waals surface area contributed by atoms with Gasteiger partial charge in [-0.1, -0.05) is 71.0 Å². The van der Waals surface area contributed by atoms with E-state index in [-0.39, 0.29) is 24.2 Å². The Balaban J connectivity index is 1.96. The molecule has 0 spiro atoms. The zero-order valence-electron chi connectivity index (χ0n) is 17.5. The van der Waals surface area contributed by atoms with Gasteiger partial charge < -0.3 is 4.74 Å². The SMILES string of the molecule is CC(C)c1cc(Br)c2c(c1)CCC(C(C)(C)C)N2C(=O)OCc1ccccc1. The number of carbonyl (C=O) groups excluding carboxylic acids is 1. The van der Waals surface area contributed by atoms with E-state index in [1.165, 1.54) is 11.1 Å². The molecule has 28 heavy (non-hydrogen) atoms. The summed E-state index contributed by atoms with van der Waals surface area (Å²) < 4.78 is 6.72. The lowest BCUT2D eigenvalue weighted by Gasteiger charge is -2.44. The number of hydrogen-bond acceptors (Lipinski definition) is 2. The van der Waals surface area contributed by atoms with E-state index in [4.69, 9.17) is 4.74 Å². The van der Waals surface area contributed by atoms with Gasteiger partial charge in [0.25, 0.3) is 0 Å². The molecule has 1 atom stereocenters. The molecule has 150 valence electrons. The number of carbonyl (C=O) groups is 1. The second kappa shape index (κ2) is 8.28. The number of anilines is 1. The highest BCUT2D eigenvalue weighted by Gasteiger charge is 2.40. The molecule has 0 radical (unpaired) electrons. The number of ether oxygens (including phenoxy) is 1. The normalized spacial score (nSPS) is 16.8. The Hall–Kier alpha value is -1.81. The minimum atomic E-state index is -0.275. The van der Waals surface area contributed by atoms with Crippen LogP contribution in [0.25, 0.3) is 0 Å². The van der Waals surface area contributed by atoms with Gasteiger partial charge >= 0.3 is 6.09 Å². The number of aryl methyl sites for hydroxylation is 1. The number of halogens is 1. The van der Waals surface area contributed by atoms with E-state index in [9.17, 15) is 4.79 Å². The van der Waals surface area contributed by atoms with Crippen molar-refractivity contribution in [3.8, 4) is 0 Å². The molecule has 0 N–H and O–H groups in total. The first-order chi connectivity index (χ1) is 13.2. The fourth-order valence-electron chi connectivity index (χ4n) is 3.88. The summed E-state index contributed by atoms with van der Waals surface area (Å²) in [5.74, 6) is 0.445. The summed E-state index contributed by atoms with van der Waals surface area (Å²) in [4.78, 5) is 15.1. The van der Waals surface area contributed by atoms with Crippen molar-refractivity contribution in [3.05, 3.63) is 63.6 Å². The number of rotatable bonds is 3. The molecule has 2 aromatic rings. The van der Waals surface area contributed by atoms with Gasteiger partial charge in [-0.2, -0.15) is 0 Å². The Morgan fingerprint density at radius 3 is 2.50 bits per heavy atom. The molecule has 0 aliphatic carbocycles. The summed E-state index contributed by atoms with van der Waals surface area (Å²) in [7, 11) is 0. The van der Waals surface area contributed by atoms with Gasteiger partial charge in [-0.25, -0.2) is 4.79 Å². The van der Waals surface area contributed by atoms with Crippen molar-refractivity contribution in [1.82, 2.24) is 0 Å². The van der Waals surface area contributed by atoms with Gasteiger partial charge in [-0.3, -0.25) is 4.90 Å². The van der Waals surface area contributed by atoms with Crippen LogP contribution in [-0.2, 0) is 17.8 Å². The molecule has 1 heterocycles. The van der Waals surface area contributed by atoms with Gasteiger partial charge in [0.1, 0.15) is 6.61 Å². The molecular weight excluding hydrogens is 414 g/mol. The third-order valence-corrected chi connectivity index (χ3v) is 6.08. The topological polar surface area (TPSA) is 29.5 Å². The van der Waals surface area contributed by atoms with Crippen molar-refractivity contribution in [2.45, 2.75) is 66.0 Å². The molecule has 0 aromatic heterocycles. The first-order valence-electron chi connectivity index (χ1n) is 10.0. The van der Waals surface area contributed by atoms with Gasteiger partial charge in [0, 0.05) is 10.5 Å². The fraction of sp³-hybridized carbons (Fsp3) is 0.458. The van der Waals surface area contributed by atoms with E-state index in [1.807, 2.05) is 35.2 Å². The average molecular weight is 444 g/mol. The maximum Gasteiger partial charge on any atom is 0.414 e. The second-order valence-corrected chi connectivity index (χ2v) is 9.85. The van der Waals surface area contributed by atoms with Crippen molar-refractivity contribution in [2.24, 2.45) is 5.41 Å². The standard InChI is InChI=1S/C24H30BrNO2/c1-16(2)19-13-18-11-12-21(24(3,4)5)26(22(18)20(25)14-19)23(27)28-15-17-9-7-6-8-10-17/h6-10,13-14,16,21H,11-12,15H2,1-5H3. The third-order valence-electron chi connectivity index (χ3n) is 5.47. The minimum Gasteiger partial charge on any atom is -0.444 e. The van der Waals surface area contributed by atoms with Crippen LogP contribution in [-0.4, -0.2) is 12.1 Å². The van der Waals surface area contributed by atoms with Crippen molar-refractivity contribution >= 4 is 27.7 Å². The molecule has 3 nitrogen and oxygen atoms in total.